The van der Waals surface area contributed by atoms with Gasteiger partial charge in [0, 0.05) is 31.3 Å². The summed E-state index contributed by atoms with van der Waals surface area (Å²) in [6.45, 7) is 0. The predicted octanol–water partition coefficient (Wildman–Crippen LogP) is 1.97. The molecule has 72 valence electrons. The molecule has 0 saturated heterocycles. The second kappa shape index (κ2) is 2.86. The Kier molecular flexibility index (Phi) is 1.94. The molecule has 0 aliphatic heterocycles. The Labute approximate surface area is 79.6 Å². The summed E-state index contributed by atoms with van der Waals surface area (Å²) in [5.41, 5.74) is 1.15. The van der Waals surface area contributed by atoms with Crippen molar-refractivity contribution in [2.24, 2.45) is 5.41 Å². The number of ketones is 1. The Morgan fingerprint density at radius 3 is 2.38 bits per heavy atom. The van der Waals surface area contributed by atoms with E-state index in [9.17, 15) is 4.79 Å². The van der Waals surface area contributed by atoms with Crippen molar-refractivity contribution in [2.75, 3.05) is 14.1 Å². The van der Waals surface area contributed by atoms with Gasteiger partial charge in [-0.15, -0.1) is 0 Å². The maximum atomic E-state index is 12.0. The maximum absolute atomic E-state index is 12.0. The molecule has 1 spiro atoms. The highest BCUT2D eigenvalue weighted by molar-refractivity contribution is 6.02. The van der Waals surface area contributed by atoms with Crippen LogP contribution in [0.25, 0.3) is 0 Å². The molecule has 2 rings (SSSR count). The summed E-state index contributed by atoms with van der Waals surface area (Å²) in [6, 6.07) is 0. The van der Waals surface area contributed by atoms with Gasteiger partial charge >= 0.3 is 0 Å². The van der Waals surface area contributed by atoms with Gasteiger partial charge in [0.1, 0.15) is 0 Å². The number of rotatable bonds is 1. The number of Topliss-reactive ketones (excluding diaryl/α,β-unsaturated/α-hetero) is 1. The van der Waals surface area contributed by atoms with Gasteiger partial charge in [-0.25, -0.2) is 0 Å². The van der Waals surface area contributed by atoms with Crippen molar-refractivity contribution in [3.05, 3.63) is 11.8 Å². The van der Waals surface area contributed by atoms with E-state index in [0.29, 0.717) is 5.78 Å². The number of carbonyl (C=O) groups is 1. The SMILES string of the molecule is CN(C)/C=C1/CCC2(CCC2)C1=O. The van der Waals surface area contributed by atoms with Gasteiger partial charge in [-0.2, -0.15) is 0 Å². The van der Waals surface area contributed by atoms with Crippen molar-refractivity contribution < 1.29 is 4.79 Å². The lowest BCUT2D eigenvalue weighted by Gasteiger charge is -2.35. The largest absolute Gasteiger partial charge is 0.383 e. The molecule has 0 aromatic carbocycles. The number of allylic oxidation sites excluding steroid dienone is 1. The average molecular weight is 179 g/mol. The lowest BCUT2D eigenvalue weighted by Crippen LogP contribution is -2.33. The van der Waals surface area contributed by atoms with Crippen molar-refractivity contribution in [3.63, 3.8) is 0 Å². The monoisotopic (exact) mass is 179 g/mol. The standard InChI is InChI=1S/C11H17NO/c1-12(2)8-9-4-7-11(10(9)13)5-3-6-11/h8H,3-7H2,1-2H3/b9-8-. The first kappa shape index (κ1) is 8.79. The molecule has 0 atom stereocenters. The molecule has 2 aliphatic rings. The number of carbonyl (C=O) groups excluding carboxylic acids is 1. The Morgan fingerprint density at radius 1 is 1.31 bits per heavy atom. The highest BCUT2D eigenvalue weighted by Crippen LogP contribution is 2.52. The minimum absolute atomic E-state index is 0.0991. The van der Waals surface area contributed by atoms with Crippen LogP contribution in [0.3, 0.4) is 0 Å². The topological polar surface area (TPSA) is 20.3 Å². The molecule has 13 heavy (non-hydrogen) atoms. The molecule has 0 radical (unpaired) electrons. The summed E-state index contributed by atoms with van der Waals surface area (Å²) < 4.78 is 0. The van der Waals surface area contributed by atoms with Crippen molar-refractivity contribution in [1.29, 1.82) is 0 Å². The van der Waals surface area contributed by atoms with E-state index in [4.69, 9.17) is 0 Å². The highest BCUT2D eigenvalue weighted by atomic mass is 16.1. The molecule has 2 heteroatoms. The van der Waals surface area contributed by atoms with Crippen LogP contribution in [0, 0.1) is 5.41 Å². The van der Waals surface area contributed by atoms with Crippen molar-refractivity contribution in [1.82, 2.24) is 4.90 Å². The minimum Gasteiger partial charge on any atom is -0.383 e. The third-order valence-corrected chi connectivity index (χ3v) is 3.37. The normalized spacial score (nSPS) is 28.2. The van der Waals surface area contributed by atoms with Gasteiger partial charge in [-0.05, 0) is 25.7 Å². The van der Waals surface area contributed by atoms with Gasteiger partial charge in [-0.3, -0.25) is 4.79 Å². The molecule has 0 bridgehead atoms. The van der Waals surface area contributed by atoms with Gasteiger partial charge in [0.05, 0.1) is 0 Å². The van der Waals surface area contributed by atoms with E-state index in [1.807, 2.05) is 25.2 Å². The summed E-state index contributed by atoms with van der Waals surface area (Å²) in [5, 5.41) is 0. The van der Waals surface area contributed by atoms with Crippen LogP contribution in [0.2, 0.25) is 0 Å². The lowest BCUT2D eigenvalue weighted by atomic mass is 9.67. The van der Waals surface area contributed by atoms with Crippen LogP contribution in [-0.4, -0.2) is 24.8 Å². The molecule has 0 unspecified atom stereocenters. The predicted molar refractivity (Wildman–Crippen MR) is 52.3 cm³/mol. The van der Waals surface area contributed by atoms with E-state index in [-0.39, 0.29) is 5.41 Å². The van der Waals surface area contributed by atoms with Gasteiger partial charge < -0.3 is 4.90 Å². The molecule has 0 aromatic heterocycles. The lowest BCUT2D eigenvalue weighted by molar-refractivity contribution is -0.127. The Balaban J connectivity index is 2.15. The van der Waals surface area contributed by atoms with Crippen LogP contribution < -0.4 is 0 Å². The second-order valence-corrected chi connectivity index (χ2v) is 4.58. The molecular weight excluding hydrogens is 162 g/mol. The number of nitrogens with zero attached hydrogens (tertiary/aromatic N) is 1. The first-order chi connectivity index (χ1) is 6.14. The first-order valence-electron chi connectivity index (χ1n) is 5.06. The Hall–Kier alpha value is -0.790. The fourth-order valence-electron chi connectivity index (χ4n) is 2.46. The summed E-state index contributed by atoms with van der Waals surface area (Å²) in [5.74, 6) is 0.437. The smallest absolute Gasteiger partial charge is 0.166 e. The van der Waals surface area contributed by atoms with E-state index in [1.165, 1.54) is 6.42 Å². The molecule has 0 aromatic rings. The summed E-state index contributed by atoms with van der Waals surface area (Å²) >= 11 is 0. The van der Waals surface area contributed by atoms with E-state index < -0.39 is 0 Å². The molecule has 0 heterocycles. The molecule has 2 aliphatic carbocycles. The van der Waals surface area contributed by atoms with Crippen LogP contribution in [0.15, 0.2) is 11.8 Å². The van der Waals surface area contributed by atoms with Gasteiger partial charge in [0.15, 0.2) is 5.78 Å². The minimum atomic E-state index is 0.0991. The number of hydrogen-bond acceptors (Lipinski definition) is 2. The van der Waals surface area contributed by atoms with Crippen LogP contribution in [-0.2, 0) is 4.79 Å². The van der Waals surface area contributed by atoms with Gasteiger partial charge in [0.25, 0.3) is 0 Å². The molecule has 0 amide bonds. The highest BCUT2D eigenvalue weighted by Gasteiger charge is 2.48. The molecular formula is C11H17NO. The quantitative estimate of drug-likeness (QED) is 0.573. The average Bonchev–Trinajstić information content (AvgIpc) is 2.27. The molecule has 2 saturated carbocycles. The summed E-state index contributed by atoms with van der Waals surface area (Å²) in [6.07, 6.45) is 7.62. The zero-order chi connectivity index (χ0) is 9.47. The maximum Gasteiger partial charge on any atom is 0.166 e. The van der Waals surface area contributed by atoms with E-state index in [1.54, 1.807) is 0 Å². The number of hydrogen-bond donors (Lipinski definition) is 0. The second-order valence-electron chi connectivity index (χ2n) is 4.58. The zero-order valence-corrected chi connectivity index (χ0v) is 8.47. The van der Waals surface area contributed by atoms with Crippen LogP contribution in [0.1, 0.15) is 32.1 Å². The Bertz CT molecular complexity index is 261. The Morgan fingerprint density at radius 2 is 2.00 bits per heavy atom. The van der Waals surface area contributed by atoms with Crippen LogP contribution >= 0.6 is 0 Å². The third kappa shape index (κ3) is 1.28. The third-order valence-electron chi connectivity index (χ3n) is 3.37. The summed E-state index contributed by atoms with van der Waals surface area (Å²) in [7, 11) is 3.96. The fraction of sp³-hybridized carbons (Fsp3) is 0.727. The van der Waals surface area contributed by atoms with Gasteiger partial charge in [-0.1, -0.05) is 6.42 Å². The first-order valence-corrected chi connectivity index (χ1v) is 5.06. The zero-order valence-electron chi connectivity index (χ0n) is 8.47. The molecule has 2 fully saturated rings. The van der Waals surface area contributed by atoms with Crippen LogP contribution in [0.5, 0.6) is 0 Å². The molecule has 0 N–H and O–H groups in total. The van der Waals surface area contributed by atoms with E-state index in [2.05, 4.69) is 0 Å². The van der Waals surface area contributed by atoms with Gasteiger partial charge in [0.2, 0.25) is 0 Å². The van der Waals surface area contributed by atoms with E-state index in [0.717, 1.165) is 31.3 Å². The van der Waals surface area contributed by atoms with Crippen molar-refractivity contribution >= 4 is 5.78 Å². The van der Waals surface area contributed by atoms with E-state index >= 15 is 0 Å². The van der Waals surface area contributed by atoms with Crippen molar-refractivity contribution in [2.45, 2.75) is 32.1 Å². The summed E-state index contributed by atoms with van der Waals surface area (Å²) in [4.78, 5) is 13.9. The fourth-order valence-corrected chi connectivity index (χ4v) is 2.46. The molecule has 2 nitrogen and oxygen atoms in total. The van der Waals surface area contributed by atoms with Crippen molar-refractivity contribution in [3.8, 4) is 0 Å². The van der Waals surface area contributed by atoms with Crippen LogP contribution in [0.4, 0.5) is 0 Å².